The lowest BCUT2D eigenvalue weighted by atomic mass is 10.0. The van der Waals surface area contributed by atoms with E-state index < -0.39 is 11.1 Å². The second-order valence-electron chi connectivity index (χ2n) is 6.29. The minimum atomic E-state index is -0.444. The van der Waals surface area contributed by atoms with Gasteiger partial charge in [0.05, 0.1) is 16.0 Å². The number of hydrogen-bond acceptors (Lipinski definition) is 4. The largest absolute Gasteiger partial charge is 0.324 e. The van der Waals surface area contributed by atoms with Crippen molar-refractivity contribution in [2.45, 2.75) is 49.4 Å². The molecule has 1 aromatic carbocycles. The lowest BCUT2D eigenvalue weighted by molar-refractivity contribution is -0.115. The van der Waals surface area contributed by atoms with Gasteiger partial charge in [-0.3, -0.25) is 9.89 Å². The fourth-order valence-corrected chi connectivity index (χ4v) is 3.90. The molecular formula is C17H20ClFN4OS. The summed E-state index contributed by atoms with van der Waals surface area (Å²) in [5.41, 5.74) is 0.387. The molecular weight excluding hydrogens is 363 g/mol. The molecule has 0 radical (unpaired) electrons. The fraction of sp³-hybridized carbons (Fsp3) is 0.471. The summed E-state index contributed by atoms with van der Waals surface area (Å²) in [5, 5.41) is 10.2. The number of nitrogens with zero attached hydrogens (tertiary/aromatic N) is 2. The van der Waals surface area contributed by atoms with Crippen molar-refractivity contribution >= 4 is 35.0 Å². The lowest BCUT2D eigenvalue weighted by Crippen LogP contribution is -2.22. The zero-order valence-corrected chi connectivity index (χ0v) is 15.5. The van der Waals surface area contributed by atoms with Crippen LogP contribution in [0, 0.1) is 11.7 Å². The van der Waals surface area contributed by atoms with Gasteiger partial charge in [0.2, 0.25) is 11.1 Å². The molecule has 1 heterocycles. The number of anilines is 1. The second-order valence-corrected chi connectivity index (χ2v) is 8.01. The normalized spacial score (nSPS) is 16.1. The van der Waals surface area contributed by atoms with Crippen LogP contribution in [-0.2, 0) is 11.2 Å². The smallest absolute Gasteiger partial charge is 0.237 e. The molecule has 0 spiro atoms. The van der Waals surface area contributed by atoms with E-state index in [1.54, 1.807) is 6.92 Å². The molecule has 2 N–H and O–H groups in total. The van der Waals surface area contributed by atoms with E-state index in [2.05, 4.69) is 20.5 Å². The molecule has 1 aromatic heterocycles. The maximum Gasteiger partial charge on any atom is 0.237 e. The Hall–Kier alpha value is -1.60. The van der Waals surface area contributed by atoms with E-state index in [9.17, 15) is 9.18 Å². The molecule has 0 aliphatic heterocycles. The van der Waals surface area contributed by atoms with Crippen LogP contribution in [0.5, 0.6) is 0 Å². The first-order chi connectivity index (χ1) is 12.0. The Morgan fingerprint density at radius 2 is 2.24 bits per heavy atom. The molecule has 3 rings (SSSR count). The van der Waals surface area contributed by atoms with Gasteiger partial charge >= 0.3 is 0 Å². The van der Waals surface area contributed by atoms with Crippen LogP contribution in [0.15, 0.2) is 23.4 Å². The maximum atomic E-state index is 13.1. The molecule has 0 bridgehead atoms. The predicted octanol–water partition coefficient (Wildman–Crippen LogP) is 4.45. The number of aromatic nitrogens is 3. The molecule has 2 aromatic rings. The van der Waals surface area contributed by atoms with E-state index in [4.69, 9.17) is 11.6 Å². The van der Waals surface area contributed by atoms with Crippen LogP contribution in [0.3, 0.4) is 0 Å². The second kappa shape index (κ2) is 8.19. The van der Waals surface area contributed by atoms with Crippen LogP contribution < -0.4 is 5.32 Å². The number of carbonyl (C=O) groups excluding carboxylic acids is 1. The van der Waals surface area contributed by atoms with Gasteiger partial charge in [-0.25, -0.2) is 9.37 Å². The van der Waals surface area contributed by atoms with Gasteiger partial charge in [-0.05, 0) is 31.0 Å². The van der Waals surface area contributed by atoms with Crippen molar-refractivity contribution in [3.05, 3.63) is 34.9 Å². The van der Waals surface area contributed by atoms with Crippen LogP contribution in [0.1, 0.15) is 38.4 Å². The minimum absolute atomic E-state index is 0.169. The molecule has 134 valence electrons. The van der Waals surface area contributed by atoms with Crippen LogP contribution in [0.25, 0.3) is 0 Å². The highest BCUT2D eigenvalue weighted by Crippen LogP contribution is 2.28. The molecule has 0 saturated heterocycles. The van der Waals surface area contributed by atoms with Gasteiger partial charge in [-0.2, -0.15) is 0 Å². The number of benzene rings is 1. The monoisotopic (exact) mass is 382 g/mol. The minimum Gasteiger partial charge on any atom is -0.324 e. The number of H-pyrrole nitrogens is 1. The zero-order chi connectivity index (χ0) is 17.8. The van der Waals surface area contributed by atoms with Crippen molar-refractivity contribution in [3.8, 4) is 0 Å². The van der Waals surface area contributed by atoms with Crippen molar-refractivity contribution in [2.24, 2.45) is 5.92 Å². The maximum absolute atomic E-state index is 13.1. The Morgan fingerprint density at radius 1 is 1.48 bits per heavy atom. The highest BCUT2D eigenvalue weighted by atomic mass is 35.5. The number of aromatic amines is 1. The van der Waals surface area contributed by atoms with Gasteiger partial charge in [-0.1, -0.05) is 49.0 Å². The average molecular weight is 383 g/mol. The first-order valence-corrected chi connectivity index (χ1v) is 9.61. The van der Waals surface area contributed by atoms with Crippen molar-refractivity contribution in [1.29, 1.82) is 0 Å². The Balaban J connectivity index is 1.55. The predicted molar refractivity (Wildman–Crippen MR) is 97.4 cm³/mol. The number of carbonyl (C=O) groups is 1. The highest BCUT2D eigenvalue weighted by Gasteiger charge is 2.20. The summed E-state index contributed by atoms with van der Waals surface area (Å²) in [6.45, 7) is 1.77. The molecule has 1 aliphatic rings. The fourth-order valence-electron chi connectivity index (χ4n) is 2.95. The summed E-state index contributed by atoms with van der Waals surface area (Å²) in [6.07, 6.45) is 6.01. The summed E-state index contributed by atoms with van der Waals surface area (Å²) in [7, 11) is 0. The standard InChI is InChI=1S/C17H20ClFN4OS/c1-10(16(24)20-14-7-6-12(19)9-13(14)18)25-17-21-15(22-23-17)8-11-4-2-3-5-11/h6-7,9-11H,2-5,8H2,1H3,(H,20,24)(H,21,22,23)/t10-/m1/s1. The molecule has 1 aliphatic carbocycles. The number of amides is 1. The Kier molecular flexibility index (Phi) is 5.96. The highest BCUT2D eigenvalue weighted by molar-refractivity contribution is 8.00. The van der Waals surface area contributed by atoms with Crippen molar-refractivity contribution in [2.75, 3.05) is 5.32 Å². The molecule has 1 amide bonds. The van der Waals surface area contributed by atoms with Crippen molar-refractivity contribution < 1.29 is 9.18 Å². The van der Waals surface area contributed by atoms with E-state index in [-0.39, 0.29) is 10.9 Å². The van der Waals surface area contributed by atoms with Gasteiger partial charge < -0.3 is 5.32 Å². The first kappa shape index (κ1) is 18.2. The molecule has 25 heavy (non-hydrogen) atoms. The Labute approximate surface area is 155 Å². The number of nitrogens with one attached hydrogen (secondary N) is 2. The molecule has 1 atom stereocenters. The van der Waals surface area contributed by atoms with Crippen LogP contribution in [0.2, 0.25) is 5.02 Å². The van der Waals surface area contributed by atoms with E-state index in [1.807, 2.05) is 0 Å². The third-order valence-electron chi connectivity index (χ3n) is 4.31. The van der Waals surface area contributed by atoms with Gasteiger partial charge in [0.1, 0.15) is 11.6 Å². The van der Waals surface area contributed by atoms with E-state index in [1.165, 1.54) is 55.6 Å². The SMILES string of the molecule is C[C@@H](Sc1n[nH]c(CC2CCCC2)n1)C(=O)Nc1ccc(F)cc1Cl. The van der Waals surface area contributed by atoms with Gasteiger partial charge in [0.25, 0.3) is 0 Å². The van der Waals surface area contributed by atoms with Gasteiger partial charge in [0.15, 0.2) is 0 Å². The first-order valence-electron chi connectivity index (χ1n) is 8.35. The quantitative estimate of drug-likeness (QED) is 0.724. The lowest BCUT2D eigenvalue weighted by Gasteiger charge is -2.11. The topological polar surface area (TPSA) is 70.7 Å². The molecule has 5 nitrogen and oxygen atoms in total. The average Bonchev–Trinajstić information content (AvgIpc) is 3.22. The third kappa shape index (κ3) is 4.95. The van der Waals surface area contributed by atoms with Crippen LogP contribution in [-0.4, -0.2) is 26.3 Å². The van der Waals surface area contributed by atoms with Gasteiger partial charge in [0, 0.05) is 6.42 Å². The summed E-state index contributed by atoms with van der Waals surface area (Å²) >= 11 is 7.21. The molecule has 8 heteroatoms. The Bertz CT molecular complexity index is 748. The number of hydrogen-bond donors (Lipinski definition) is 2. The van der Waals surface area contributed by atoms with E-state index in [0.717, 1.165) is 12.2 Å². The summed E-state index contributed by atoms with van der Waals surface area (Å²) < 4.78 is 13.1. The molecule has 1 saturated carbocycles. The van der Waals surface area contributed by atoms with Crippen molar-refractivity contribution in [3.63, 3.8) is 0 Å². The van der Waals surface area contributed by atoms with Gasteiger partial charge in [-0.15, -0.1) is 5.10 Å². The van der Waals surface area contributed by atoms with E-state index in [0.29, 0.717) is 16.8 Å². The van der Waals surface area contributed by atoms with Crippen molar-refractivity contribution in [1.82, 2.24) is 15.2 Å². The number of rotatable bonds is 6. The Morgan fingerprint density at radius 3 is 2.96 bits per heavy atom. The zero-order valence-electron chi connectivity index (χ0n) is 13.9. The molecule has 0 unspecified atom stereocenters. The summed E-state index contributed by atoms with van der Waals surface area (Å²) in [4.78, 5) is 16.8. The summed E-state index contributed by atoms with van der Waals surface area (Å²) in [5.74, 6) is 0.886. The molecule has 1 fully saturated rings. The third-order valence-corrected chi connectivity index (χ3v) is 5.58. The van der Waals surface area contributed by atoms with E-state index >= 15 is 0 Å². The summed E-state index contributed by atoms with van der Waals surface area (Å²) in [6, 6.07) is 3.86. The van der Waals surface area contributed by atoms with Crippen LogP contribution in [0.4, 0.5) is 10.1 Å². The number of halogens is 2. The van der Waals surface area contributed by atoms with Crippen LogP contribution >= 0.6 is 23.4 Å². The number of thioether (sulfide) groups is 1.